The van der Waals surface area contributed by atoms with Gasteiger partial charge in [-0.2, -0.15) is 15.2 Å². The molecule has 14 nitrogen and oxygen atoms in total. The Kier molecular flexibility index (Phi) is 10.1. The van der Waals surface area contributed by atoms with Gasteiger partial charge in [0.2, 0.25) is 5.82 Å². The van der Waals surface area contributed by atoms with Crippen molar-refractivity contribution in [2.75, 3.05) is 50.6 Å². The van der Waals surface area contributed by atoms with E-state index in [0.29, 0.717) is 38.3 Å². The number of nitriles is 1. The molecule has 0 aliphatic carbocycles. The summed E-state index contributed by atoms with van der Waals surface area (Å²) in [6.07, 6.45) is 0.630. The molecule has 2 saturated heterocycles. The summed E-state index contributed by atoms with van der Waals surface area (Å²) in [5.41, 5.74) is -1.73. The first-order chi connectivity index (χ1) is 27.6. The van der Waals surface area contributed by atoms with Crippen LogP contribution >= 0.6 is 22.9 Å². The third-order valence-electron chi connectivity index (χ3n) is 10.6. The molecule has 2 atom stereocenters. The number of benzene rings is 2. The normalized spacial score (nSPS) is 19.5. The number of carbonyl (C=O) groups excluding carboxylic acids is 2. The average Bonchev–Trinajstić information content (AvgIpc) is 3.88. The SMILES string of the molecule is CN(C)C(=O)c1nc2n(n1)CCCN(c1nc(OC[C@@]34CCCN3C[C@H](F)C4)nc3c(F)c(-c4ccc(F)c5sc(NC(=O)OC(C)(C)C)c(C#N)c45)c(Cl)cc13)C2. The summed E-state index contributed by atoms with van der Waals surface area (Å²) in [6, 6.07) is 5.88. The number of fused-ring (bicyclic) bond motifs is 4. The highest BCUT2D eigenvalue weighted by molar-refractivity contribution is 7.23. The molecule has 0 unspecified atom stereocenters. The van der Waals surface area contributed by atoms with Crippen molar-refractivity contribution in [3.05, 3.63) is 52.1 Å². The van der Waals surface area contributed by atoms with Crippen LogP contribution in [-0.4, -0.2) is 104 Å². The van der Waals surface area contributed by atoms with Crippen molar-refractivity contribution in [3.8, 4) is 23.2 Å². The molecule has 2 amide bonds. The molecule has 1 N–H and O–H groups in total. The summed E-state index contributed by atoms with van der Waals surface area (Å²) >= 11 is 7.79. The first-order valence-electron chi connectivity index (χ1n) is 18.8. The van der Waals surface area contributed by atoms with Crippen molar-refractivity contribution in [1.82, 2.24) is 34.5 Å². The number of rotatable bonds is 7. The fourth-order valence-electron chi connectivity index (χ4n) is 8.13. The number of anilines is 2. The van der Waals surface area contributed by atoms with Crippen molar-refractivity contribution in [2.24, 2.45) is 0 Å². The van der Waals surface area contributed by atoms with Crippen molar-refractivity contribution in [2.45, 2.75) is 76.9 Å². The molecule has 58 heavy (non-hydrogen) atoms. The Morgan fingerprint density at radius 2 is 1.95 bits per heavy atom. The Hall–Kier alpha value is -5.25. The minimum absolute atomic E-state index is 0.00743. The van der Waals surface area contributed by atoms with E-state index in [4.69, 9.17) is 26.1 Å². The molecule has 0 bridgehead atoms. The summed E-state index contributed by atoms with van der Waals surface area (Å²) < 4.78 is 60.9. The Bertz CT molecular complexity index is 2540. The summed E-state index contributed by atoms with van der Waals surface area (Å²) in [6.45, 7) is 7.20. The van der Waals surface area contributed by atoms with Crippen LogP contribution in [0.2, 0.25) is 5.02 Å². The van der Waals surface area contributed by atoms with Crippen LogP contribution in [0.4, 0.5) is 28.8 Å². The van der Waals surface area contributed by atoms with Crippen molar-refractivity contribution in [1.29, 1.82) is 5.26 Å². The molecular weight excluding hydrogens is 797 g/mol. The van der Waals surface area contributed by atoms with E-state index in [-0.39, 0.29) is 84.4 Å². The monoisotopic (exact) mass is 836 g/mol. The summed E-state index contributed by atoms with van der Waals surface area (Å²) in [5, 5.41) is 17.5. The lowest BCUT2D eigenvalue weighted by Gasteiger charge is -2.31. The van der Waals surface area contributed by atoms with Crippen molar-refractivity contribution >= 4 is 66.7 Å². The van der Waals surface area contributed by atoms with Gasteiger partial charge in [0.15, 0.2) is 5.82 Å². The maximum absolute atomic E-state index is 17.5. The number of carbonyl (C=O) groups is 2. The van der Waals surface area contributed by atoms with Crippen LogP contribution in [0, 0.1) is 23.0 Å². The molecule has 3 aromatic heterocycles. The standard InChI is InChI=1S/C39H40ClF3N10O4S/c1-38(2,3)57-37(55)48-34-23(16-44)27-21(8-9-25(42)31(27)58-34)28-24(40)14-22-30(29(28)43)46-36(56-19-39-10-6-12-52(39)17-20(41)15-39)47-33(22)51-11-7-13-53-26(18-51)45-32(49-53)35(54)50(4)5/h8-9,14,20H,6-7,10-13,15,17-19H2,1-5H3,(H,48,55)/t20-,39+/m1/s1. The number of hydrogen-bond donors (Lipinski definition) is 1. The van der Waals surface area contributed by atoms with Gasteiger partial charge in [0.25, 0.3) is 5.91 Å². The largest absolute Gasteiger partial charge is 0.461 e. The number of hydrogen-bond acceptors (Lipinski definition) is 12. The molecule has 2 fully saturated rings. The lowest BCUT2D eigenvalue weighted by atomic mass is 9.95. The van der Waals surface area contributed by atoms with Crippen LogP contribution in [0.3, 0.4) is 0 Å². The van der Waals surface area contributed by atoms with Gasteiger partial charge in [-0.05, 0) is 64.3 Å². The van der Waals surface area contributed by atoms with E-state index < -0.39 is 35.0 Å². The molecule has 0 radical (unpaired) electrons. The van der Waals surface area contributed by atoms with Gasteiger partial charge in [0.1, 0.15) is 52.4 Å². The molecule has 3 aliphatic heterocycles. The molecule has 0 saturated carbocycles. The third kappa shape index (κ3) is 7.13. The lowest BCUT2D eigenvalue weighted by molar-refractivity contribution is 0.0636. The molecule has 2 aromatic carbocycles. The second kappa shape index (κ2) is 14.8. The van der Waals surface area contributed by atoms with Gasteiger partial charge >= 0.3 is 12.1 Å². The van der Waals surface area contributed by atoms with E-state index in [2.05, 4.69) is 25.3 Å². The number of nitrogens with zero attached hydrogens (tertiary/aromatic N) is 9. The highest BCUT2D eigenvalue weighted by Gasteiger charge is 2.49. The number of thiophene rings is 1. The zero-order valence-corrected chi connectivity index (χ0v) is 34.0. The molecule has 19 heteroatoms. The van der Waals surface area contributed by atoms with Gasteiger partial charge in [-0.25, -0.2) is 27.6 Å². The topological polar surface area (TPSA) is 155 Å². The van der Waals surface area contributed by atoms with E-state index in [9.17, 15) is 19.2 Å². The lowest BCUT2D eigenvalue weighted by Crippen LogP contribution is -2.43. The van der Waals surface area contributed by atoms with Gasteiger partial charge in [-0.15, -0.1) is 16.4 Å². The van der Waals surface area contributed by atoms with Crippen LogP contribution in [0.1, 0.15) is 68.5 Å². The minimum atomic E-state index is -0.999. The van der Waals surface area contributed by atoms with Crippen LogP contribution in [0.5, 0.6) is 6.01 Å². The maximum Gasteiger partial charge on any atom is 0.412 e. The van der Waals surface area contributed by atoms with Crippen LogP contribution in [-0.2, 0) is 17.8 Å². The van der Waals surface area contributed by atoms with E-state index in [1.807, 2.05) is 11.0 Å². The molecule has 8 rings (SSSR count). The molecule has 0 spiro atoms. The van der Waals surface area contributed by atoms with Crippen molar-refractivity contribution in [3.63, 3.8) is 0 Å². The summed E-state index contributed by atoms with van der Waals surface area (Å²) in [4.78, 5) is 44.8. The number of alkyl halides is 1. The highest BCUT2D eigenvalue weighted by atomic mass is 35.5. The number of ether oxygens (including phenoxy) is 2. The number of nitrogens with one attached hydrogen (secondary N) is 1. The van der Waals surface area contributed by atoms with E-state index in [1.165, 1.54) is 17.0 Å². The van der Waals surface area contributed by atoms with Gasteiger partial charge in [-0.1, -0.05) is 17.7 Å². The fourth-order valence-corrected chi connectivity index (χ4v) is 9.50. The van der Waals surface area contributed by atoms with Crippen LogP contribution in [0.15, 0.2) is 18.2 Å². The first-order valence-corrected chi connectivity index (χ1v) is 20.0. The molecule has 3 aliphatic rings. The molecule has 304 valence electrons. The fraction of sp³-hybridized carbons (Fsp3) is 0.462. The number of aromatic nitrogens is 5. The third-order valence-corrected chi connectivity index (χ3v) is 12.0. The Labute approximate surface area is 340 Å². The molecule has 6 heterocycles. The predicted molar refractivity (Wildman–Crippen MR) is 212 cm³/mol. The Morgan fingerprint density at radius 1 is 1.16 bits per heavy atom. The minimum Gasteiger partial charge on any atom is -0.461 e. The van der Waals surface area contributed by atoms with Crippen LogP contribution < -0.4 is 15.0 Å². The highest BCUT2D eigenvalue weighted by Crippen LogP contribution is 2.47. The maximum atomic E-state index is 17.5. The van der Waals surface area contributed by atoms with Gasteiger partial charge in [-0.3, -0.25) is 15.0 Å². The zero-order chi connectivity index (χ0) is 41.3. The van der Waals surface area contributed by atoms with Crippen molar-refractivity contribution < 1.29 is 32.2 Å². The number of aryl methyl sites for hydroxylation is 1. The Morgan fingerprint density at radius 3 is 2.69 bits per heavy atom. The second-order valence-corrected chi connectivity index (χ2v) is 17.5. The van der Waals surface area contributed by atoms with Gasteiger partial charge in [0.05, 0.1) is 27.4 Å². The first kappa shape index (κ1) is 39.6. The van der Waals surface area contributed by atoms with Gasteiger partial charge < -0.3 is 19.3 Å². The average molecular weight is 837 g/mol. The zero-order valence-electron chi connectivity index (χ0n) is 32.5. The van der Waals surface area contributed by atoms with E-state index in [1.54, 1.807) is 39.5 Å². The smallest absolute Gasteiger partial charge is 0.412 e. The number of halogens is 4. The predicted octanol–water partition coefficient (Wildman–Crippen LogP) is 7.32. The Balaban J connectivity index is 1.26. The number of amides is 2. The van der Waals surface area contributed by atoms with Gasteiger partial charge in [0, 0.05) is 56.5 Å². The quantitative estimate of drug-likeness (QED) is 0.175. The second-order valence-electron chi connectivity index (χ2n) is 16.0. The van der Waals surface area contributed by atoms with E-state index >= 15 is 8.78 Å². The molecular formula is C39H40ClF3N10O4S. The van der Waals surface area contributed by atoms with Crippen LogP contribution in [0.25, 0.3) is 32.1 Å². The molecule has 5 aromatic rings. The van der Waals surface area contributed by atoms with E-state index in [0.717, 1.165) is 36.8 Å². The summed E-state index contributed by atoms with van der Waals surface area (Å²) in [7, 11) is 3.23. The summed E-state index contributed by atoms with van der Waals surface area (Å²) in [5.74, 6) is -1.12.